The lowest BCUT2D eigenvalue weighted by molar-refractivity contribution is 0.386. The fourth-order valence-electron chi connectivity index (χ4n) is 1.52. The molecule has 2 rings (SSSR count). The molecule has 19 heavy (non-hydrogen) atoms. The second-order valence-corrected chi connectivity index (χ2v) is 5.64. The van der Waals surface area contributed by atoms with Gasteiger partial charge in [0.05, 0.1) is 11.0 Å². The first-order valence-corrected chi connectivity index (χ1v) is 7.02. The van der Waals surface area contributed by atoms with Crippen LogP contribution in [0.5, 0.6) is 0 Å². The summed E-state index contributed by atoms with van der Waals surface area (Å²) in [5, 5.41) is 0.251. The number of hydrogen-bond donors (Lipinski definition) is 4. The Bertz CT molecular complexity index is 832. The van der Waals surface area contributed by atoms with Crippen LogP contribution < -0.4 is 11.1 Å². The Morgan fingerprint density at radius 2 is 1.79 bits per heavy atom. The number of hydrogen-bond acceptors (Lipinski definition) is 3. The molecule has 0 amide bonds. The molecule has 0 saturated heterocycles. The summed E-state index contributed by atoms with van der Waals surface area (Å²) >= 11 is 5.82. The van der Waals surface area contributed by atoms with Crippen molar-refractivity contribution in [3.05, 3.63) is 49.2 Å². The Balaban J connectivity index is 2.77. The van der Waals surface area contributed by atoms with Gasteiger partial charge in [-0.3, -0.25) is 14.2 Å². The number of aromatic amines is 2. The third-order valence-corrected chi connectivity index (χ3v) is 3.03. The zero-order valence-corrected chi connectivity index (χ0v) is 10.9. The van der Waals surface area contributed by atoms with E-state index in [0.717, 1.165) is 6.08 Å². The zero-order valence-electron chi connectivity index (χ0n) is 9.25. The maximum absolute atomic E-state index is 11.3. The van der Waals surface area contributed by atoms with Crippen molar-refractivity contribution in [1.82, 2.24) is 9.97 Å². The van der Waals surface area contributed by atoms with Gasteiger partial charge >= 0.3 is 18.7 Å². The minimum atomic E-state index is -4.33. The van der Waals surface area contributed by atoms with E-state index in [4.69, 9.17) is 21.4 Å². The summed E-state index contributed by atoms with van der Waals surface area (Å²) in [6.45, 7) is 0. The molecule has 1 aromatic carbocycles. The monoisotopic (exact) mass is 302 g/mol. The molecule has 0 aliphatic carbocycles. The van der Waals surface area contributed by atoms with Gasteiger partial charge in [-0.15, -0.1) is 0 Å². The van der Waals surface area contributed by atoms with Crippen molar-refractivity contribution >= 4 is 36.3 Å². The van der Waals surface area contributed by atoms with Gasteiger partial charge in [-0.05, 0) is 18.2 Å². The summed E-state index contributed by atoms with van der Waals surface area (Å²) in [7, 11) is -4.33. The normalized spacial score (nSPS) is 12.4. The molecule has 2 aromatic rings. The SMILES string of the molecule is O=c1[nH]c2cc(Cl)cc(C=CP(=O)(O)O)c2[nH]c1=O. The molecule has 0 unspecified atom stereocenters. The number of H-pyrrole nitrogens is 2. The number of fused-ring (bicyclic) bond motifs is 1. The quantitative estimate of drug-likeness (QED) is 0.487. The second-order valence-electron chi connectivity index (χ2n) is 3.73. The van der Waals surface area contributed by atoms with Gasteiger partial charge in [0.25, 0.3) is 0 Å². The van der Waals surface area contributed by atoms with Crippen LogP contribution >= 0.6 is 19.2 Å². The molecule has 1 aromatic heterocycles. The van der Waals surface area contributed by atoms with Crippen LogP contribution in [-0.2, 0) is 4.57 Å². The molecule has 0 fully saturated rings. The number of nitrogens with one attached hydrogen (secondary N) is 2. The van der Waals surface area contributed by atoms with E-state index in [-0.39, 0.29) is 21.6 Å². The van der Waals surface area contributed by atoms with Crippen LogP contribution in [-0.4, -0.2) is 19.8 Å². The number of benzene rings is 1. The van der Waals surface area contributed by atoms with E-state index in [9.17, 15) is 14.2 Å². The first-order valence-electron chi connectivity index (χ1n) is 4.96. The summed E-state index contributed by atoms with van der Waals surface area (Å²) in [5.41, 5.74) is -0.916. The second kappa shape index (κ2) is 4.79. The van der Waals surface area contributed by atoms with Crippen LogP contribution in [0.4, 0.5) is 0 Å². The number of halogens is 1. The topological polar surface area (TPSA) is 123 Å². The van der Waals surface area contributed by atoms with E-state index in [1.807, 2.05) is 0 Å². The molecule has 0 aliphatic heterocycles. The van der Waals surface area contributed by atoms with Gasteiger partial charge in [0.2, 0.25) is 0 Å². The van der Waals surface area contributed by atoms with Crippen molar-refractivity contribution in [2.45, 2.75) is 0 Å². The third kappa shape index (κ3) is 3.21. The Labute approximate surface area is 110 Å². The first kappa shape index (κ1) is 13.8. The predicted octanol–water partition coefficient (Wildman–Crippen LogP) is 1.02. The Morgan fingerprint density at radius 1 is 1.16 bits per heavy atom. The molecular formula is C10H8ClN2O5P. The zero-order chi connectivity index (χ0) is 14.2. The minimum Gasteiger partial charge on any atom is -0.321 e. The molecule has 0 radical (unpaired) electrons. The highest BCUT2D eigenvalue weighted by molar-refractivity contribution is 7.55. The van der Waals surface area contributed by atoms with E-state index in [1.54, 1.807) is 0 Å². The van der Waals surface area contributed by atoms with Crippen molar-refractivity contribution < 1.29 is 14.4 Å². The van der Waals surface area contributed by atoms with Crippen LogP contribution in [0.1, 0.15) is 5.56 Å². The van der Waals surface area contributed by atoms with Crippen molar-refractivity contribution in [3.63, 3.8) is 0 Å². The fourth-order valence-corrected chi connectivity index (χ4v) is 2.11. The summed E-state index contributed by atoms with van der Waals surface area (Å²) in [6, 6.07) is 2.83. The molecular weight excluding hydrogens is 295 g/mol. The molecule has 1 heterocycles. The average molecular weight is 303 g/mol. The largest absolute Gasteiger partial charge is 0.349 e. The molecule has 4 N–H and O–H groups in total. The van der Waals surface area contributed by atoms with Crippen molar-refractivity contribution in [1.29, 1.82) is 0 Å². The van der Waals surface area contributed by atoms with E-state index >= 15 is 0 Å². The minimum absolute atomic E-state index is 0.235. The van der Waals surface area contributed by atoms with Crippen LogP contribution in [0.15, 0.2) is 27.5 Å². The van der Waals surface area contributed by atoms with Gasteiger partial charge in [0.15, 0.2) is 0 Å². The summed E-state index contributed by atoms with van der Waals surface area (Å²) < 4.78 is 10.8. The first-order chi connectivity index (χ1) is 8.76. The molecule has 7 nitrogen and oxygen atoms in total. The Hall–Kier alpha value is -1.66. The van der Waals surface area contributed by atoms with Crippen molar-refractivity contribution in [2.24, 2.45) is 0 Å². The Kier molecular flexibility index (Phi) is 3.47. The smallest absolute Gasteiger partial charge is 0.321 e. The molecule has 0 aliphatic rings. The molecule has 9 heteroatoms. The number of rotatable bonds is 2. The summed E-state index contributed by atoms with van der Waals surface area (Å²) in [6.07, 6.45) is 1.13. The summed E-state index contributed by atoms with van der Waals surface area (Å²) in [5.74, 6) is 0.682. The van der Waals surface area contributed by atoms with Gasteiger partial charge in [-0.1, -0.05) is 11.6 Å². The van der Waals surface area contributed by atoms with Crippen molar-refractivity contribution in [3.8, 4) is 0 Å². The van der Waals surface area contributed by atoms with Crippen LogP contribution in [0.25, 0.3) is 17.1 Å². The van der Waals surface area contributed by atoms with Gasteiger partial charge < -0.3 is 19.8 Å². The predicted molar refractivity (Wildman–Crippen MR) is 71.3 cm³/mol. The van der Waals surface area contributed by atoms with E-state index in [1.165, 1.54) is 12.1 Å². The lowest BCUT2D eigenvalue weighted by atomic mass is 10.2. The molecule has 0 bridgehead atoms. The maximum atomic E-state index is 11.3. The van der Waals surface area contributed by atoms with E-state index in [2.05, 4.69) is 9.97 Å². The summed E-state index contributed by atoms with van der Waals surface area (Å²) in [4.78, 5) is 44.7. The van der Waals surface area contributed by atoms with Gasteiger partial charge in [0, 0.05) is 16.4 Å². The van der Waals surface area contributed by atoms with Gasteiger partial charge in [0.1, 0.15) is 0 Å². The fraction of sp³-hybridized carbons (Fsp3) is 0. The van der Waals surface area contributed by atoms with Crippen LogP contribution in [0.3, 0.4) is 0 Å². The van der Waals surface area contributed by atoms with E-state index in [0.29, 0.717) is 5.82 Å². The highest BCUT2D eigenvalue weighted by atomic mass is 35.5. The maximum Gasteiger partial charge on any atom is 0.349 e. The standard InChI is InChI=1S/C10H8ClN2O5P/c11-6-3-5(1-2-19(16,17)18)8-7(4-6)12-9(14)10(15)13-8/h1-4H,(H,12,14)(H,13,15)(H2,16,17,18). The highest BCUT2D eigenvalue weighted by Gasteiger charge is 2.09. The van der Waals surface area contributed by atoms with E-state index < -0.39 is 18.7 Å². The molecule has 0 atom stereocenters. The highest BCUT2D eigenvalue weighted by Crippen LogP contribution is 2.37. The average Bonchev–Trinajstić information content (AvgIpc) is 2.27. The lowest BCUT2D eigenvalue weighted by Gasteiger charge is -2.03. The van der Waals surface area contributed by atoms with Gasteiger partial charge in [-0.2, -0.15) is 0 Å². The third-order valence-electron chi connectivity index (χ3n) is 2.27. The molecule has 0 saturated carbocycles. The van der Waals surface area contributed by atoms with Gasteiger partial charge in [-0.25, -0.2) is 0 Å². The molecule has 0 spiro atoms. The molecule has 100 valence electrons. The lowest BCUT2D eigenvalue weighted by Crippen LogP contribution is -2.29. The van der Waals surface area contributed by atoms with Crippen molar-refractivity contribution in [2.75, 3.05) is 0 Å². The van der Waals surface area contributed by atoms with Crippen LogP contribution in [0, 0.1) is 0 Å². The number of aromatic nitrogens is 2. The Morgan fingerprint density at radius 3 is 2.42 bits per heavy atom. The van der Waals surface area contributed by atoms with Crippen LogP contribution in [0.2, 0.25) is 5.02 Å².